The quantitative estimate of drug-likeness (QED) is 0.892. The molecule has 4 nitrogen and oxygen atoms in total. The molecule has 0 fully saturated rings. The lowest BCUT2D eigenvalue weighted by Gasteiger charge is -2.21. The van der Waals surface area contributed by atoms with Gasteiger partial charge in [0.15, 0.2) is 0 Å². The zero-order valence-electron chi connectivity index (χ0n) is 12.9. The van der Waals surface area contributed by atoms with Crippen LogP contribution >= 0.6 is 11.6 Å². The molecule has 0 bridgehead atoms. The number of rotatable bonds is 5. The highest BCUT2D eigenvalue weighted by molar-refractivity contribution is 6.30. The monoisotopic (exact) mass is 304 g/mol. The van der Waals surface area contributed by atoms with Crippen molar-refractivity contribution in [3.8, 4) is 0 Å². The van der Waals surface area contributed by atoms with Crippen molar-refractivity contribution in [3.05, 3.63) is 40.7 Å². The van der Waals surface area contributed by atoms with E-state index >= 15 is 0 Å². The van der Waals surface area contributed by atoms with Crippen molar-refractivity contribution in [3.63, 3.8) is 0 Å². The Balaban J connectivity index is 2.34. The van der Waals surface area contributed by atoms with E-state index in [9.17, 15) is 0 Å². The maximum absolute atomic E-state index is 6.06. The minimum Gasteiger partial charge on any atom is -0.357 e. The van der Waals surface area contributed by atoms with Gasteiger partial charge in [0.1, 0.15) is 17.5 Å². The van der Waals surface area contributed by atoms with Gasteiger partial charge in [0.05, 0.1) is 0 Å². The van der Waals surface area contributed by atoms with E-state index in [0.717, 1.165) is 41.8 Å². The summed E-state index contributed by atoms with van der Waals surface area (Å²) >= 11 is 6.06. The highest BCUT2D eigenvalue weighted by atomic mass is 35.5. The van der Waals surface area contributed by atoms with Crippen molar-refractivity contribution in [2.45, 2.75) is 27.7 Å². The third kappa shape index (κ3) is 3.85. The standard InChI is InChI=1S/C16H21ClN4/c1-5-21(6-2)16-10-15(18-12(4)19-16)20-14-9-13(17)8-7-11(14)3/h7-10H,5-6H2,1-4H3,(H,18,19,20). The van der Waals surface area contributed by atoms with Gasteiger partial charge in [-0.3, -0.25) is 0 Å². The minimum atomic E-state index is 0.706. The summed E-state index contributed by atoms with van der Waals surface area (Å²) in [7, 11) is 0. The molecule has 2 rings (SSSR count). The molecule has 112 valence electrons. The number of aromatic nitrogens is 2. The van der Waals surface area contributed by atoms with Crippen molar-refractivity contribution < 1.29 is 0 Å². The fourth-order valence-corrected chi connectivity index (χ4v) is 2.36. The van der Waals surface area contributed by atoms with Gasteiger partial charge in [-0.05, 0) is 45.4 Å². The zero-order chi connectivity index (χ0) is 15.4. The molecule has 1 heterocycles. The largest absolute Gasteiger partial charge is 0.357 e. The fraction of sp³-hybridized carbons (Fsp3) is 0.375. The van der Waals surface area contributed by atoms with Gasteiger partial charge in [-0.15, -0.1) is 0 Å². The number of aryl methyl sites for hydroxylation is 2. The summed E-state index contributed by atoms with van der Waals surface area (Å²) in [5.74, 6) is 2.48. The number of hydrogen-bond acceptors (Lipinski definition) is 4. The van der Waals surface area contributed by atoms with Crippen LogP contribution in [-0.2, 0) is 0 Å². The summed E-state index contributed by atoms with van der Waals surface area (Å²) in [4.78, 5) is 11.2. The molecule has 0 amide bonds. The molecule has 0 aliphatic rings. The maximum atomic E-state index is 6.06. The average molecular weight is 305 g/mol. The third-order valence-corrected chi connectivity index (χ3v) is 3.61. The summed E-state index contributed by atoms with van der Waals surface area (Å²) in [6.07, 6.45) is 0. The molecule has 2 aromatic rings. The molecule has 1 N–H and O–H groups in total. The van der Waals surface area contributed by atoms with Gasteiger partial charge in [0.2, 0.25) is 0 Å². The lowest BCUT2D eigenvalue weighted by atomic mass is 10.2. The van der Waals surface area contributed by atoms with Crippen molar-refractivity contribution in [1.29, 1.82) is 0 Å². The van der Waals surface area contributed by atoms with Gasteiger partial charge in [-0.1, -0.05) is 17.7 Å². The van der Waals surface area contributed by atoms with Gasteiger partial charge in [0.25, 0.3) is 0 Å². The Morgan fingerprint density at radius 1 is 1.10 bits per heavy atom. The average Bonchev–Trinajstić information content (AvgIpc) is 2.44. The molecular weight excluding hydrogens is 284 g/mol. The molecule has 0 saturated heterocycles. The molecular formula is C16H21ClN4. The molecule has 1 aromatic carbocycles. The second-order valence-corrected chi connectivity index (χ2v) is 5.35. The minimum absolute atomic E-state index is 0.706. The highest BCUT2D eigenvalue weighted by Crippen LogP contribution is 2.25. The Kier molecular flexibility index (Phi) is 5.02. The number of nitrogens with one attached hydrogen (secondary N) is 1. The highest BCUT2D eigenvalue weighted by Gasteiger charge is 2.08. The van der Waals surface area contributed by atoms with E-state index in [-0.39, 0.29) is 0 Å². The second-order valence-electron chi connectivity index (χ2n) is 4.92. The Bertz CT molecular complexity index is 624. The van der Waals surface area contributed by atoms with Gasteiger partial charge in [-0.25, -0.2) is 9.97 Å². The summed E-state index contributed by atoms with van der Waals surface area (Å²) < 4.78 is 0. The molecule has 0 spiro atoms. The number of nitrogens with zero attached hydrogens (tertiary/aromatic N) is 3. The van der Waals surface area contributed by atoms with Crippen molar-refractivity contribution in [1.82, 2.24) is 9.97 Å². The normalized spacial score (nSPS) is 10.5. The van der Waals surface area contributed by atoms with Gasteiger partial charge >= 0.3 is 0 Å². The van der Waals surface area contributed by atoms with Gasteiger partial charge in [-0.2, -0.15) is 0 Å². The first-order valence-electron chi connectivity index (χ1n) is 7.17. The number of anilines is 3. The summed E-state index contributed by atoms with van der Waals surface area (Å²) in [6.45, 7) is 10.0. The van der Waals surface area contributed by atoms with Gasteiger partial charge in [0, 0.05) is 29.9 Å². The van der Waals surface area contributed by atoms with Crippen LogP contribution in [0.5, 0.6) is 0 Å². The molecule has 0 radical (unpaired) electrons. The topological polar surface area (TPSA) is 41.0 Å². The van der Waals surface area contributed by atoms with Crippen molar-refractivity contribution >= 4 is 28.9 Å². The van der Waals surface area contributed by atoms with E-state index in [1.54, 1.807) is 0 Å². The first kappa shape index (κ1) is 15.6. The third-order valence-electron chi connectivity index (χ3n) is 3.37. The van der Waals surface area contributed by atoms with Crippen LogP contribution in [0.25, 0.3) is 0 Å². The second kappa shape index (κ2) is 6.76. The van der Waals surface area contributed by atoms with Crippen molar-refractivity contribution in [2.24, 2.45) is 0 Å². The zero-order valence-corrected chi connectivity index (χ0v) is 13.7. The Hall–Kier alpha value is -1.81. The maximum Gasteiger partial charge on any atom is 0.136 e. The van der Waals surface area contributed by atoms with Crippen LogP contribution in [0.4, 0.5) is 17.3 Å². The Morgan fingerprint density at radius 2 is 1.81 bits per heavy atom. The number of hydrogen-bond donors (Lipinski definition) is 1. The number of benzene rings is 1. The van der Waals surface area contributed by atoms with Crippen LogP contribution in [0.3, 0.4) is 0 Å². The Labute approximate surface area is 131 Å². The fourth-order valence-electron chi connectivity index (χ4n) is 2.19. The first-order valence-corrected chi connectivity index (χ1v) is 7.55. The van der Waals surface area contributed by atoms with Crippen LogP contribution in [0, 0.1) is 13.8 Å². The number of halogens is 1. The van der Waals surface area contributed by atoms with Crippen LogP contribution in [0.1, 0.15) is 25.2 Å². The van der Waals surface area contributed by atoms with Crippen molar-refractivity contribution in [2.75, 3.05) is 23.3 Å². The molecule has 21 heavy (non-hydrogen) atoms. The predicted octanol–water partition coefficient (Wildman–Crippen LogP) is 4.34. The van der Waals surface area contributed by atoms with Crippen LogP contribution in [0.2, 0.25) is 5.02 Å². The van der Waals surface area contributed by atoms with Crippen LogP contribution in [0.15, 0.2) is 24.3 Å². The summed E-state index contributed by atoms with van der Waals surface area (Å²) in [6, 6.07) is 7.75. The molecule has 0 aliphatic heterocycles. The molecule has 5 heteroatoms. The van der Waals surface area contributed by atoms with Gasteiger partial charge < -0.3 is 10.2 Å². The predicted molar refractivity (Wildman–Crippen MR) is 89.8 cm³/mol. The van der Waals surface area contributed by atoms with E-state index in [0.29, 0.717) is 5.02 Å². The smallest absolute Gasteiger partial charge is 0.136 e. The van der Waals surface area contributed by atoms with E-state index in [1.165, 1.54) is 0 Å². The van der Waals surface area contributed by atoms with E-state index < -0.39 is 0 Å². The lowest BCUT2D eigenvalue weighted by Crippen LogP contribution is -2.23. The van der Waals surface area contributed by atoms with E-state index in [1.807, 2.05) is 38.1 Å². The van der Waals surface area contributed by atoms with E-state index in [2.05, 4.69) is 34.0 Å². The summed E-state index contributed by atoms with van der Waals surface area (Å²) in [5.41, 5.74) is 2.09. The van der Waals surface area contributed by atoms with Crippen LogP contribution in [-0.4, -0.2) is 23.1 Å². The lowest BCUT2D eigenvalue weighted by molar-refractivity contribution is 0.835. The Morgan fingerprint density at radius 3 is 2.48 bits per heavy atom. The molecule has 0 atom stereocenters. The van der Waals surface area contributed by atoms with Crippen LogP contribution < -0.4 is 10.2 Å². The van der Waals surface area contributed by atoms with E-state index in [4.69, 9.17) is 11.6 Å². The molecule has 0 aliphatic carbocycles. The SMILES string of the molecule is CCN(CC)c1cc(Nc2cc(Cl)ccc2C)nc(C)n1. The molecule has 0 unspecified atom stereocenters. The summed E-state index contributed by atoms with van der Waals surface area (Å²) in [5, 5.41) is 4.04. The molecule has 1 aromatic heterocycles. The first-order chi connectivity index (χ1) is 10.0. The molecule has 0 saturated carbocycles.